The Morgan fingerprint density at radius 1 is 1.50 bits per heavy atom. The molecular weight excluding hydrogens is 132 g/mol. The summed E-state index contributed by atoms with van der Waals surface area (Å²) in [5.74, 6) is 0. The van der Waals surface area contributed by atoms with Gasteiger partial charge in [-0.15, -0.1) is 6.54 Å². The van der Waals surface area contributed by atoms with Crippen LogP contribution in [-0.2, 0) is 17.1 Å². The van der Waals surface area contributed by atoms with Crippen LogP contribution in [0.3, 0.4) is 0 Å². The number of nitrogens with two attached hydrogens (primary N) is 1. The molecule has 0 rings (SSSR count). The summed E-state index contributed by atoms with van der Waals surface area (Å²) in [7, 11) is 0. The van der Waals surface area contributed by atoms with Crippen LogP contribution in [0.4, 0.5) is 0 Å². The van der Waals surface area contributed by atoms with Crippen molar-refractivity contribution in [2.75, 3.05) is 13.1 Å². The van der Waals surface area contributed by atoms with Crippen molar-refractivity contribution in [3.8, 4) is 0 Å². The van der Waals surface area contributed by atoms with Gasteiger partial charge in [0.05, 0.1) is 0 Å². The molecule has 0 aromatic carbocycles. The van der Waals surface area contributed by atoms with Crippen LogP contribution in [0, 0.1) is 0 Å². The maximum atomic E-state index is 6.33. The summed E-state index contributed by atoms with van der Waals surface area (Å²) in [5.41, 5.74) is 11.2. The molecule has 0 saturated heterocycles. The van der Waals surface area contributed by atoms with Crippen molar-refractivity contribution in [1.82, 2.24) is 0 Å². The van der Waals surface area contributed by atoms with E-state index in [9.17, 15) is 0 Å². The maximum Gasteiger partial charge on any atom is 1.00 e. The number of hydrogen-bond donors (Lipinski definition) is 1. The van der Waals surface area contributed by atoms with Gasteiger partial charge in [0.25, 0.3) is 0 Å². The predicted molar refractivity (Wildman–Crippen MR) is 21.9 cm³/mol. The van der Waals surface area contributed by atoms with E-state index in [0.717, 1.165) is 0 Å². The van der Waals surface area contributed by atoms with Gasteiger partial charge in [-0.2, -0.15) is 0 Å². The third-order valence-corrected chi connectivity index (χ3v) is 0.144. The summed E-state index contributed by atoms with van der Waals surface area (Å²) in [6.45, 7) is 0.833. The van der Waals surface area contributed by atoms with Crippen LogP contribution in [0.2, 0.25) is 0 Å². The van der Waals surface area contributed by atoms with Crippen LogP contribution in [-0.4, -0.2) is 18.6 Å². The van der Waals surface area contributed by atoms with Gasteiger partial charge in [0.1, 0.15) is 0 Å². The summed E-state index contributed by atoms with van der Waals surface area (Å²) >= 11 is 0. The fourth-order valence-electron chi connectivity index (χ4n) is 0. The molecular formula is C2H9CuN2O. The first-order valence-corrected chi connectivity index (χ1v) is 1.26. The molecule has 0 bridgehead atoms. The predicted octanol–water partition coefficient (Wildman–Crippen LogP) is -0.830. The van der Waals surface area contributed by atoms with E-state index in [1.807, 2.05) is 0 Å². The molecule has 0 aliphatic carbocycles. The molecule has 0 fully saturated rings. The summed E-state index contributed by atoms with van der Waals surface area (Å²) < 4.78 is 0. The van der Waals surface area contributed by atoms with E-state index in [1.165, 1.54) is 0 Å². The molecule has 3 nitrogen and oxygen atoms in total. The molecule has 0 saturated carbocycles. The molecule has 4 heteroatoms. The van der Waals surface area contributed by atoms with Crippen molar-refractivity contribution in [2.24, 2.45) is 5.73 Å². The van der Waals surface area contributed by atoms with Gasteiger partial charge < -0.3 is 16.9 Å². The van der Waals surface area contributed by atoms with E-state index in [2.05, 4.69) is 0 Å². The fourth-order valence-corrected chi connectivity index (χ4v) is 0. The summed E-state index contributed by atoms with van der Waals surface area (Å²) in [6, 6.07) is 0. The number of hydrogen-bond acceptors (Lipinski definition) is 1. The normalized spacial score (nSPS) is 5.00. The summed E-state index contributed by atoms with van der Waals surface area (Å²) in [5, 5.41) is 0. The molecule has 5 N–H and O–H groups in total. The first-order valence-electron chi connectivity index (χ1n) is 1.26. The quantitative estimate of drug-likeness (QED) is 0.474. The molecule has 44 valence electrons. The Balaban J connectivity index is -0.0000000450. The molecule has 0 aliphatic heterocycles. The van der Waals surface area contributed by atoms with E-state index < -0.39 is 0 Å². The van der Waals surface area contributed by atoms with Gasteiger partial charge in [0, 0.05) is 0 Å². The smallest absolute Gasteiger partial charge is 0.676 e. The van der Waals surface area contributed by atoms with Crippen LogP contribution in [0.15, 0.2) is 0 Å². The molecule has 0 aliphatic rings. The minimum atomic E-state index is 0. The van der Waals surface area contributed by atoms with Crippen molar-refractivity contribution in [1.29, 1.82) is 0 Å². The van der Waals surface area contributed by atoms with Gasteiger partial charge in [0.2, 0.25) is 0 Å². The molecule has 0 spiro atoms. The van der Waals surface area contributed by atoms with Gasteiger partial charge in [-0.05, 0) is 6.54 Å². The second-order valence-electron chi connectivity index (χ2n) is 0.539. The molecule has 0 unspecified atom stereocenters. The van der Waals surface area contributed by atoms with Gasteiger partial charge >= 0.3 is 17.1 Å². The van der Waals surface area contributed by atoms with Crippen LogP contribution in [0.1, 0.15) is 0 Å². The maximum absolute atomic E-state index is 6.33. The third-order valence-electron chi connectivity index (χ3n) is 0.144. The molecule has 0 aromatic rings. The Labute approximate surface area is 47.9 Å². The average molecular weight is 141 g/mol. The molecule has 0 amide bonds. The topological polar surface area (TPSA) is 81.3 Å². The van der Waals surface area contributed by atoms with E-state index in [0.29, 0.717) is 13.1 Å². The Morgan fingerprint density at radius 2 is 1.67 bits per heavy atom. The minimum Gasteiger partial charge on any atom is -0.676 e. The summed E-state index contributed by atoms with van der Waals surface area (Å²) in [4.78, 5) is 0. The van der Waals surface area contributed by atoms with E-state index >= 15 is 0 Å². The van der Waals surface area contributed by atoms with E-state index in [4.69, 9.17) is 11.5 Å². The molecule has 6 heavy (non-hydrogen) atoms. The van der Waals surface area contributed by atoms with Crippen molar-refractivity contribution in [2.45, 2.75) is 0 Å². The molecule has 0 aromatic heterocycles. The van der Waals surface area contributed by atoms with E-state index in [1.54, 1.807) is 0 Å². The molecule has 0 heterocycles. The number of nitrogens with one attached hydrogen (secondary N) is 1. The van der Waals surface area contributed by atoms with Crippen LogP contribution >= 0.6 is 0 Å². The Bertz CT molecular complexity index is 13.5. The Hall–Kier alpha value is 0.399. The Kier molecular flexibility index (Phi) is 48.8. The molecule has 0 atom stereocenters. The van der Waals surface area contributed by atoms with Gasteiger partial charge in [-0.1, -0.05) is 0 Å². The minimum absolute atomic E-state index is 0. The van der Waals surface area contributed by atoms with Crippen LogP contribution < -0.4 is 5.73 Å². The zero-order chi connectivity index (χ0) is 3.41. The van der Waals surface area contributed by atoms with Crippen molar-refractivity contribution < 1.29 is 22.5 Å². The van der Waals surface area contributed by atoms with E-state index in [-0.39, 0.29) is 22.5 Å². The van der Waals surface area contributed by atoms with Crippen molar-refractivity contribution in [3.63, 3.8) is 0 Å². The zero-order valence-electron chi connectivity index (χ0n) is 3.29. The zero-order valence-corrected chi connectivity index (χ0v) is 4.23. The van der Waals surface area contributed by atoms with Crippen LogP contribution in [0.5, 0.6) is 0 Å². The summed E-state index contributed by atoms with van der Waals surface area (Å²) in [6.07, 6.45) is 0. The average Bonchev–Trinajstić information content (AvgIpc) is 1.37. The van der Waals surface area contributed by atoms with Gasteiger partial charge in [0.15, 0.2) is 0 Å². The van der Waals surface area contributed by atoms with Gasteiger partial charge in [-0.3, -0.25) is 0 Å². The SMILES string of the molecule is O.[Cu+].[NH-]CCN. The number of rotatable bonds is 1. The second kappa shape index (κ2) is 18.2. The monoisotopic (exact) mass is 140 g/mol. The molecule has 0 radical (unpaired) electrons. The standard InChI is InChI=1S/C2H7N2.Cu.H2O/c3-1-2-4;;/h3H,1-2,4H2;;1H2/q-1;+1;. The largest absolute Gasteiger partial charge is 1.00 e. The Morgan fingerprint density at radius 3 is 1.67 bits per heavy atom. The first kappa shape index (κ1) is 16.1. The fraction of sp³-hybridized carbons (Fsp3) is 1.00. The first-order chi connectivity index (χ1) is 1.91. The second-order valence-corrected chi connectivity index (χ2v) is 0.539. The van der Waals surface area contributed by atoms with Crippen LogP contribution in [0.25, 0.3) is 5.73 Å². The van der Waals surface area contributed by atoms with Crippen molar-refractivity contribution in [3.05, 3.63) is 5.73 Å². The third kappa shape index (κ3) is 26.0. The van der Waals surface area contributed by atoms with Gasteiger partial charge in [-0.25, -0.2) is 0 Å². The van der Waals surface area contributed by atoms with Crippen molar-refractivity contribution >= 4 is 0 Å².